The lowest BCUT2D eigenvalue weighted by Gasteiger charge is -2.49. The Labute approximate surface area is 426 Å². The normalized spacial score (nSPS) is 40.2. The summed E-state index contributed by atoms with van der Waals surface area (Å²) in [7, 11) is 7.83. The van der Waals surface area contributed by atoms with Gasteiger partial charge in [0.05, 0.1) is 81.6 Å². The van der Waals surface area contributed by atoms with Gasteiger partial charge in [-0.2, -0.15) is 0 Å². The third-order valence-electron chi connectivity index (χ3n) is 16.0. The number of rotatable bonds is 14. The third-order valence-corrected chi connectivity index (χ3v) is 16.0. The van der Waals surface area contributed by atoms with Gasteiger partial charge in [0.15, 0.2) is 24.1 Å². The summed E-state index contributed by atoms with van der Waals surface area (Å²) in [6.45, 7) is 19.5. The van der Waals surface area contributed by atoms with Crippen LogP contribution in [0.4, 0.5) is 0 Å². The number of carbonyl (C=O) groups excluding carboxylic acids is 3. The van der Waals surface area contributed by atoms with E-state index in [1.165, 1.54) is 32.8 Å². The van der Waals surface area contributed by atoms with Crippen molar-refractivity contribution < 1.29 is 82.5 Å². The first-order chi connectivity index (χ1) is 33.7. The summed E-state index contributed by atoms with van der Waals surface area (Å²) in [5.74, 6) is -3.97. The zero-order chi connectivity index (χ0) is 53.8. The Balaban J connectivity index is 1.40. The van der Waals surface area contributed by atoms with Gasteiger partial charge in [0.1, 0.15) is 29.7 Å². The number of nitrogens with zero attached hydrogens (tertiary/aromatic N) is 3. The lowest BCUT2D eigenvalue weighted by atomic mass is 9.74. The Morgan fingerprint density at radius 2 is 1.42 bits per heavy atom. The molecule has 1 aromatic rings. The van der Waals surface area contributed by atoms with E-state index >= 15 is 0 Å². The van der Waals surface area contributed by atoms with Gasteiger partial charge in [0.25, 0.3) is 0 Å². The zero-order valence-electron chi connectivity index (χ0n) is 45.4. The molecule has 5 N–H and O–H groups in total. The van der Waals surface area contributed by atoms with Crippen molar-refractivity contribution in [2.75, 3.05) is 68.2 Å². The second kappa shape index (κ2) is 24.6. The maximum Gasteiger partial charge on any atom is 0.311 e. The first-order valence-corrected chi connectivity index (χ1v) is 25.6. The Morgan fingerprint density at radius 1 is 0.819 bits per heavy atom. The highest BCUT2D eigenvalue weighted by Crippen LogP contribution is 2.42. The van der Waals surface area contributed by atoms with Gasteiger partial charge in [-0.25, -0.2) is 0 Å². The average Bonchev–Trinajstić information content (AvgIpc) is 3.34. The number of ketones is 1. The minimum atomic E-state index is -2.05. The number of Topliss-reactive ketones (excluding diaryl/α,β-unsaturated/α-hetero) is 1. The van der Waals surface area contributed by atoms with Crippen LogP contribution in [0.5, 0.6) is 17.2 Å². The first kappa shape index (κ1) is 59.6. The van der Waals surface area contributed by atoms with E-state index in [1.54, 1.807) is 76.8 Å². The van der Waals surface area contributed by atoms with Crippen molar-refractivity contribution in [2.24, 2.45) is 23.7 Å². The number of amides is 1. The van der Waals surface area contributed by atoms with Gasteiger partial charge in [0, 0.05) is 71.1 Å². The number of likely N-dealkylation sites (N-methyl/N-ethyl adjacent to an activating group) is 1. The number of benzene rings is 1. The molecule has 5 rings (SSSR count). The maximum atomic E-state index is 14.4. The summed E-state index contributed by atoms with van der Waals surface area (Å²) in [5, 5.41) is 59.3. The number of methoxy groups -OCH3 is 4. The predicted molar refractivity (Wildman–Crippen MR) is 263 cm³/mol. The molecule has 0 saturated carbocycles. The Bertz CT molecular complexity index is 1940. The monoisotopic (exact) mass is 1030 g/mol. The summed E-state index contributed by atoms with van der Waals surface area (Å²) < 4.78 is 54.3. The molecule has 0 radical (unpaired) electrons. The number of aliphatic hydroxyl groups is 5. The van der Waals surface area contributed by atoms with Crippen LogP contribution in [0.15, 0.2) is 12.1 Å². The van der Waals surface area contributed by atoms with Crippen molar-refractivity contribution in [3.63, 3.8) is 0 Å². The zero-order valence-corrected chi connectivity index (χ0v) is 45.4. The highest BCUT2D eigenvalue weighted by Gasteiger charge is 2.54. The molecule has 4 heterocycles. The average molecular weight is 1030 g/mol. The summed E-state index contributed by atoms with van der Waals surface area (Å²) in [6.07, 6.45) is -11.5. The number of hydrogen-bond acceptors (Lipinski definition) is 19. The molecule has 20 nitrogen and oxygen atoms in total. The van der Waals surface area contributed by atoms with Crippen molar-refractivity contribution in [1.82, 2.24) is 14.7 Å². The van der Waals surface area contributed by atoms with Gasteiger partial charge in [-0.1, -0.05) is 27.7 Å². The van der Waals surface area contributed by atoms with Gasteiger partial charge >= 0.3 is 5.97 Å². The maximum absolute atomic E-state index is 14.4. The van der Waals surface area contributed by atoms with Crippen LogP contribution < -0.4 is 14.2 Å². The van der Waals surface area contributed by atoms with E-state index in [9.17, 15) is 39.9 Å². The molecular weight excluding hydrogens is 939 g/mol. The molecule has 412 valence electrons. The van der Waals surface area contributed by atoms with Crippen molar-refractivity contribution >= 4 is 17.7 Å². The molecule has 18 atom stereocenters. The van der Waals surface area contributed by atoms with E-state index in [0.29, 0.717) is 50.0 Å². The first-order valence-electron chi connectivity index (χ1n) is 25.6. The molecule has 1 amide bonds. The quantitative estimate of drug-likeness (QED) is 0.168. The SMILES string of the molecule is CC[C@H]1OC(=O)[C@H](C)[C@@H](O[C@H]2C[C@@](C)(OC)[C@@H](O)[C@H](C)O2)[C@H](C)[C@@H](O[C@@H]2O[C@H](C)C[C@H](N(C)C(=O)CN3CCN(Cc4cc(OC)c(OC)c(OC)c4)CC3)[C@H]2O)[C@@](C)(O)C[C@@H](C)C(=O)[C@H](C)[C@@H](O)[C@]1(C)O. The van der Waals surface area contributed by atoms with Gasteiger partial charge < -0.3 is 73.1 Å². The van der Waals surface area contributed by atoms with Crippen molar-refractivity contribution in [3.8, 4) is 17.2 Å². The number of esters is 1. The number of aliphatic hydroxyl groups excluding tert-OH is 3. The standard InChI is InChI=1S/C52H87N3O17/c1-16-38-52(10,63)45(59)30(4)41(57)28(2)24-50(8,62)47(31(5)43(32(6)48(61)70-38)71-40-25-51(9,67-15)46(60)33(7)69-40)72-49-42(58)35(21-29(3)68-49)53(11)39(56)27-55-19-17-54(18-20-55)26-34-22-36(64-12)44(66-14)37(23-34)65-13/h22-23,28-33,35,38,40,42-43,45-47,49,58-60,62-63H,16-21,24-27H2,1-15H3/t28-,29-,30+,31+,32-,33+,35+,38-,40+,42-,43+,45-,46+,47-,49+,50+,51-,52-/m1/s1. The van der Waals surface area contributed by atoms with E-state index in [1.807, 2.05) is 12.1 Å². The van der Waals surface area contributed by atoms with Crippen LogP contribution in [0.1, 0.15) is 100 Å². The van der Waals surface area contributed by atoms with Gasteiger partial charge in [-0.05, 0) is 78.5 Å². The van der Waals surface area contributed by atoms with Crippen molar-refractivity contribution in [3.05, 3.63) is 17.7 Å². The second-order valence-electron chi connectivity index (χ2n) is 21.6. The summed E-state index contributed by atoms with van der Waals surface area (Å²) >= 11 is 0. The van der Waals surface area contributed by atoms with E-state index in [0.717, 1.165) is 5.56 Å². The summed E-state index contributed by atoms with van der Waals surface area (Å²) in [5.41, 5.74) is -4.09. The Morgan fingerprint density at radius 3 is 1.97 bits per heavy atom. The van der Waals surface area contributed by atoms with Gasteiger partial charge in [0.2, 0.25) is 11.7 Å². The number of carbonyl (C=O) groups is 3. The van der Waals surface area contributed by atoms with E-state index < -0.39 is 120 Å². The van der Waals surface area contributed by atoms with Crippen LogP contribution >= 0.6 is 0 Å². The largest absolute Gasteiger partial charge is 0.493 e. The van der Waals surface area contributed by atoms with Crippen LogP contribution in [0.25, 0.3) is 0 Å². The number of hydrogen-bond donors (Lipinski definition) is 5. The fourth-order valence-corrected chi connectivity index (χ4v) is 11.4. The molecular formula is C52H87N3O17. The van der Waals surface area contributed by atoms with E-state index in [-0.39, 0.29) is 38.1 Å². The molecule has 4 fully saturated rings. The molecule has 0 aliphatic carbocycles. The Kier molecular flexibility index (Phi) is 20.4. The van der Waals surface area contributed by atoms with Crippen molar-refractivity contribution in [1.29, 1.82) is 0 Å². The van der Waals surface area contributed by atoms with Crippen LogP contribution in [-0.4, -0.2) is 210 Å². The lowest BCUT2D eigenvalue weighted by molar-refractivity contribution is -0.317. The molecule has 4 aliphatic heterocycles. The third kappa shape index (κ3) is 13.2. The Hall–Kier alpha value is -3.25. The van der Waals surface area contributed by atoms with E-state index in [4.69, 9.17) is 42.6 Å². The van der Waals surface area contributed by atoms with Crippen LogP contribution in [0, 0.1) is 23.7 Å². The predicted octanol–water partition coefficient (Wildman–Crippen LogP) is 2.53. The fraction of sp³-hybridized carbons (Fsp3) is 0.827. The fourth-order valence-electron chi connectivity index (χ4n) is 11.4. The number of cyclic esters (lactones) is 1. The van der Waals surface area contributed by atoms with Crippen molar-refractivity contribution in [2.45, 2.75) is 186 Å². The lowest BCUT2D eigenvalue weighted by Crippen LogP contribution is -2.62. The highest BCUT2D eigenvalue weighted by atomic mass is 16.7. The molecule has 4 saturated heterocycles. The summed E-state index contributed by atoms with van der Waals surface area (Å²) in [6, 6.07) is 3.08. The van der Waals surface area contributed by atoms with Crippen LogP contribution in [-0.2, 0) is 49.3 Å². The van der Waals surface area contributed by atoms with Crippen LogP contribution in [0.3, 0.4) is 0 Å². The molecule has 0 unspecified atom stereocenters. The van der Waals surface area contributed by atoms with Gasteiger partial charge in [-0.3, -0.25) is 24.2 Å². The number of piperazine rings is 1. The topological polar surface area (TPSA) is 245 Å². The molecule has 20 heteroatoms. The molecule has 0 aromatic heterocycles. The molecule has 72 heavy (non-hydrogen) atoms. The highest BCUT2D eigenvalue weighted by molar-refractivity contribution is 5.83. The molecule has 1 aromatic carbocycles. The smallest absolute Gasteiger partial charge is 0.311 e. The van der Waals surface area contributed by atoms with Crippen LogP contribution in [0.2, 0.25) is 0 Å². The summed E-state index contributed by atoms with van der Waals surface area (Å²) in [4.78, 5) is 48.5. The number of ether oxygens (including phenoxy) is 9. The minimum Gasteiger partial charge on any atom is -0.493 e. The second-order valence-corrected chi connectivity index (χ2v) is 21.6. The van der Waals surface area contributed by atoms with Gasteiger partial charge in [-0.15, -0.1) is 0 Å². The minimum absolute atomic E-state index is 0.0402. The molecule has 0 bridgehead atoms. The molecule has 4 aliphatic rings. The molecule has 0 spiro atoms. The van der Waals surface area contributed by atoms with E-state index in [2.05, 4.69) is 9.80 Å².